The second kappa shape index (κ2) is 7.21. The molecule has 0 aromatic rings. The van der Waals surface area contributed by atoms with Crippen LogP contribution in [0.25, 0.3) is 0 Å². The average Bonchev–Trinajstić information content (AvgIpc) is 2.65. The maximum absolute atomic E-state index is 5.44. The van der Waals surface area contributed by atoms with Crippen LogP contribution in [0.5, 0.6) is 0 Å². The first-order valence-corrected chi connectivity index (χ1v) is 5.65. The van der Waals surface area contributed by atoms with Crippen LogP contribution in [-0.4, -0.2) is 51.5 Å². The van der Waals surface area contributed by atoms with E-state index in [1.807, 2.05) is 0 Å². The van der Waals surface area contributed by atoms with Gasteiger partial charge in [0.25, 0.3) is 0 Å². The van der Waals surface area contributed by atoms with Gasteiger partial charge in [0.1, 0.15) is 0 Å². The summed E-state index contributed by atoms with van der Waals surface area (Å²) >= 11 is 0. The van der Waals surface area contributed by atoms with Crippen molar-refractivity contribution in [1.29, 1.82) is 0 Å². The summed E-state index contributed by atoms with van der Waals surface area (Å²) in [6, 6.07) is 0. The van der Waals surface area contributed by atoms with Crippen LogP contribution >= 0.6 is 0 Å². The van der Waals surface area contributed by atoms with Crippen LogP contribution in [0.4, 0.5) is 0 Å². The van der Waals surface area contributed by atoms with E-state index in [0.29, 0.717) is 6.61 Å². The fraction of sp³-hybridized carbons (Fsp3) is 1.00. The molecule has 0 amide bonds. The molecular weight excluding hydrogens is 178 g/mol. The van der Waals surface area contributed by atoms with Gasteiger partial charge in [0.15, 0.2) is 0 Å². The maximum atomic E-state index is 5.44. The molecular formula is C11H23NO2. The number of rotatable bonds is 7. The molecule has 0 N–H and O–H groups in total. The Hall–Kier alpha value is -0.120. The molecule has 0 aromatic heterocycles. The van der Waals surface area contributed by atoms with Gasteiger partial charge in [-0.25, -0.2) is 0 Å². The first-order valence-electron chi connectivity index (χ1n) is 5.65. The maximum Gasteiger partial charge on any atom is 0.0700 e. The highest BCUT2D eigenvalue weighted by molar-refractivity contribution is 4.73. The minimum absolute atomic E-state index is 0.706. The molecule has 84 valence electrons. The summed E-state index contributed by atoms with van der Waals surface area (Å²) in [7, 11) is 1.70. The third-order valence-corrected chi connectivity index (χ3v) is 2.93. The summed E-state index contributed by atoms with van der Waals surface area (Å²) in [5.74, 6) is 0.925. The second-order valence-corrected chi connectivity index (χ2v) is 3.97. The van der Waals surface area contributed by atoms with Gasteiger partial charge in [0, 0.05) is 20.2 Å². The predicted molar refractivity (Wildman–Crippen MR) is 57.5 cm³/mol. The number of methoxy groups -OCH3 is 1. The zero-order chi connectivity index (χ0) is 10.2. The Morgan fingerprint density at radius 3 is 2.79 bits per heavy atom. The molecule has 0 saturated carbocycles. The Morgan fingerprint density at radius 2 is 2.14 bits per heavy atom. The van der Waals surface area contributed by atoms with Crippen LogP contribution in [0.1, 0.15) is 19.8 Å². The highest BCUT2D eigenvalue weighted by Crippen LogP contribution is 2.18. The van der Waals surface area contributed by atoms with Gasteiger partial charge in [-0.2, -0.15) is 0 Å². The zero-order valence-electron chi connectivity index (χ0n) is 9.50. The van der Waals surface area contributed by atoms with E-state index in [9.17, 15) is 0 Å². The number of hydrogen-bond acceptors (Lipinski definition) is 3. The van der Waals surface area contributed by atoms with E-state index in [1.165, 1.54) is 25.9 Å². The van der Waals surface area contributed by atoms with Crippen molar-refractivity contribution >= 4 is 0 Å². The van der Waals surface area contributed by atoms with E-state index in [-0.39, 0.29) is 0 Å². The molecule has 1 rings (SSSR count). The number of ether oxygens (including phenoxy) is 2. The third kappa shape index (κ3) is 4.40. The SMILES string of the molecule is CCC1CCN(CCOCCOC)C1. The van der Waals surface area contributed by atoms with Crippen molar-refractivity contribution < 1.29 is 9.47 Å². The zero-order valence-corrected chi connectivity index (χ0v) is 9.50. The number of hydrogen-bond donors (Lipinski definition) is 0. The lowest BCUT2D eigenvalue weighted by molar-refractivity contribution is 0.0599. The van der Waals surface area contributed by atoms with Gasteiger partial charge in [-0.15, -0.1) is 0 Å². The van der Waals surface area contributed by atoms with E-state index < -0.39 is 0 Å². The minimum Gasteiger partial charge on any atom is -0.382 e. The summed E-state index contributed by atoms with van der Waals surface area (Å²) < 4.78 is 10.3. The molecule has 3 heteroatoms. The van der Waals surface area contributed by atoms with Crippen molar-refractivity contribution in [2.45, 2.75) is 19.8 Å². The molecule has 1 heterocycles. The third-order valence-electron chi connectivity index (χ3n) is 2.93. The molecule has 3 nitrogen and oxygen atoms in total. The van der Waals surface area contributed by atoms with Gasteiger partial charge in [0.2, 0.25) is 0 Å². The molecule has 0 radical (unpaired) electrons. The van der Waals surface area contributed by atoms with E-state index in [2.05, 4.69) is 11.8 Å². The monoisotopic (exact) mass is 201 g/mol. The van der Waals surface area contributed by atoms with Crippen LogP contribution in [0, 0.1) is 5.92 Å². The molecule has 1 saturated heterocycles. The van der Waals surface area contributed by atoms with E-state index in [1.54, 1.807) is 7.11 Å². The molecule has 1 fully saturated rings. The van der Waals surface area contributed by atoms with Gasteiger partial charge in [-0.05, 0) is 18.9 Å². The average molecular weight is 201 g/mol. The molecule has 1 atom stereocenters. The largest absolute Gasteiger partial charge is 0.382 e. The quantitative estimate of drug-likeness (QED) is 0.581. The topological polar surface area (TPSA) is 21.7 Å². The second-order valence-electron chi connectivity index (χ2n) is 3.97. The predicted octanol–water partition coefficient (Wildman–Crippen LogP) is 1.38. The lowest BCUT2D eigenvalue weighted by Crippen LogP contribution is -2.25. The highest BCUT2D eigenvalue weighted by Gasteiger charge is 2.19. The summed E-state index contributed by atoms with van der Waals surface area (Å²) in [6.07, 6.45) is 2.69. The first-order chi connectivity index (χ1) is 6.86. The lowest BCUT2D eigenvalue weighted by Gasteiger charge is -2.15. The lowest BCUT2D eigenvalue weighted by atomic mass is 10.1. The molecule has 0 bridgehead atoms. The van der Waals surface area contributed by atoms with Crippen LogP contribution in [0.2, 0.25) is 0 Å². The van der Waals surface area contributed by atoms with Gasteiger partial charge < -0.3 is 14.4 Å². The minimum atomic E-state index is 0.706. The summed E-state index contributed by atoms with van der Waals surface area (Å²) in [4.78, 5) is 2.50. The Labute approximate surface area is 87.4 Å². The fourth-order valence-corrected chi connectivity index (χ4v) is 1.89. The van der Waals surface area contributed by atoms with Gasteiger partial charge in [0.05, 0.1) is 19.8 Å². The molecule has 1 aliphatic rings. The van der Waals surface area contributed by atoms with Crippen LogP contribution in [-0.2, 0) is 9.47 Å². The van der Waals surface area contributed by atoms with Gasteiger partial charge >= 0.3 is 0 Å². The van der Waals surface area contributed by atoms with Crippen LogP contribution < -0.4 is 0 Å². The van der Waals surface area contributed by atoms with Crippen molar-refractivity contribution in [3.8, 4) is 0 Å². The summed E-state index contributed by atoms with van der Waals surface area (Å²) in [5.41, 5.74) is 0. The Balaban J connectivity index is 1.92. The summed E-state index contributed by atoms with van der Waals surface area (Å²) in [5, 5.41) is 0. The fourth-order valence-electron chi connectivity index (χ4n) is 1.89. The Morgan fingerprint density at radius 1 is 1.29 bits per heavy atom. The van der Waals surface area contributed by atoms with Gasteiger partial charge in [-0.1, -0.05) is 13.3 Å². The first kappa shape index (κ1) is 12.0. The molecule has 0 aromatic carbocycles. The molecule has 1 aliphatic heterocycles. The summed E-state index contributed by atoms with van der Waals surface area (Å²) in [6.45, 7) is 8.17. The normalized spacial score (nSPS) is 23.1. The Bertz CT molecular complexity index is 141. The van der Waals surface area contributed by atoms with Gasteiger partial charge in [-0.3, -0.25) is 0 Å². The van der Waals surface area contributed by atoms with E-state index in [4.69, 9.17) is 9.47 Å². The van der Waals surface area contributed by atoms with Crippen molar-refractivity contribution in [3.63, 3.8) is 0 Å². The molecule has 14 heavy (non-hydrogen) atoms. The molecule has 0 spiro atoms. The van der Waals surface area contributed by atoms with Crippen molar-refractivity contribution in [2.24, 2.45) is 5.92 Å². The van der Waals surface area contributed by atoms with Crippen molar-refractivity contribution in [2.75, 3.05) is 46.6 Å². The smallest absolute Gasteiger partial charge is 0.0700 e. The number of nitrogens with zero attached hydrogens (tertiary/aromatic N) is 1. The molecule has 1 unspecified atom stereocenters. The van der Waals surface area contributed by atoms with Crippen molar-refractivity contribution in [1.82, 2.24) is 4.90 Å². The Kier molecular flexibility index (Phi) is 6.15. The van der Waals surface area contributed by atoms with E-state index >= 15 is 0 Å². The number of likely N-dealkylation sites (tertiary alicyclic amines) is 1. The molecule has 0 aliphatic carbocycles. The standard InChI is InChI=1S/C11H23NO2/c1-3-11-4-5-12(10-11)6-7-14-9-8-13-2/h11H,3-10H2,1-2H3. The van der Waals surface area contributed by atoms with Crippen LogP contribution in [0.15, 0.2) is 0 Å². The highest BCUT2D eigenvalue weighted by atomic mass is 16.5. The van der Waals surface area contributed by atoms with E-state index in [0.717, 1.165) is 25.7 Å². The van der Waals surface area contributed by atoms with Crippen molar-refractivity contribution in [3.05, 3.63) is 0 Å². The van der Waals surface area contributed by atoms with Crippen LogP contribution in [0.3, 0.4) is 0 Å².